The molecule has 1 aliphatic rings. The molecule has 3 N–H and O–H groups in total. The summed E-state index contributed by atoms with van der Waals surface area (Å²) in [7, 11) is 0. The van der Waals surface area contributed by atoms with Crippen molar-refractivity contribution in [3.05, 3.63) is 23.8 Å². The normalized spacial score (nSPS) is 15.9. The third-order valence-corrected chi connectivity index (χ3v) is 4.84. The van der Waals surface area contributed by atoms with Gasteiger partial charge in [-0.25, -0.2) is 0 Å². The molecule has 0 saturated carbocycles. The minimum Gasteiger partial charge on any atom is -0.466 e. The summed E-state index contributed by atoms with van der Waals surface area (Å²) >= 11 is 0. The predicted molar refractivity (Wildman–Crippen MR) is 113 cm³/mol. The van der Waals surface area contributed by atoms with Crippen molar-refractivity contribution in [3.63, 3.8) is 0 Å². The second-order valence-electron chi connectivity index (χ2n) is 7.05. The van der Waals surface area contributed by atoms with Crippen molar-refractivity contribution in [2.45, 2.75) is 46.1 Å². The van der Waals surface area contributed by atoms with Gasteiger partial charge < -0.3 is 25.6 Å². The van der Waals surface area contributed by atoms with E-state index in [2.05, 4.69) is 16.0 Å². The van der Waals surface area contributed by atoms with Gasteiger partial charge in [0, 0.05) is 30.9 Å². The molecule has 0 bridgehead atoms. The first-order valence-electron chi connectivity index (χ1n) is 10.2. The van der Waals surface area contributed by atoms with Gasteiger partial charge in [-0.1, -0.05) is 19.9 Å². The molecular formula is C21H30N4O5. The molecule has 1 fully saturated rings. The van der Waals surface area contributed by atoms with Crippen molar-refractivity contribution < 1.29 is 23.9 Å². The largest absolute Gasteiger partial charge is 0.466 e. The zero-order chi connectivity index (χ0) is 22.1. The first kappa shape index (κ1) is 23.2. The van der Waals surface area contributed by atoms with Gasteiger partial charge in [-0.05, 0) is 31.0 Å². The number of hydrogen-bond acceptors (Lipinski definition) is 6. The van der Waals surface area contributed by atoms with Crippen LogP contribution in [0.1, 0.15) is 38.7 Å². The fourth-order valence-electron chi connectivity index (χ4n) is 3.12. The van der Waals surface area contributed by atoms with Crippen LogP contribution in [0.15, 0.2) is 18.2 Å². The summed E-state index contributed by atoms with van der Waals surface area (Å²) in [4.78, 5) is 50.1. The Hall–Kier alpha value is -3.10. The SMILES string of the molecule is CCCOC(=O)CC1C(=O)NCCN1C(=O)CNc1cccc(NC(=O)CC)c1C. The zero-order valence-electron chi connectivity index (χ0n) is 17.7. The summed E-state index contributed by atoms with van der Waals surface area (Å²) in [6, 6.07) is 4.51. The van der Waals surface area contributed by atoms with Gasteiger partial charge in [-0.15, -0.1) is 0 Å². The molecule has 30 heavy (non-hydrogen) atoms. The Morgan fingerprint density at radius 3 is 2.67 bits per heavy atom. The number of esters is 1. The third-order valence-electron chi connectivity index (χ3n) is 4.84. The Labute approximate surface area is 176 Å². The topological polar surface area (TPSA) is 117 Å². The number of benzene rings is 1. The molecular weight excluding hydrogens is 388 g/mol. The van der Waals surface area contributed by atoms with Crippen molar-refractivity contribution in [2.24, 2.45) is 0 Å². The van der Waals surface area contributed by atoms with Crippen LogP contribution >= 0.6 is 0 Å². The van der Waals surface area contributed by atoms with E-state index in [1.165, 1.54) is 4.90 Å². The molecule has 1 atom stereocenters. The number of carbonyl (C=O) groups excluding carboxylic acids is 4. The molecule has 164 valence electrons. The Balaban J connectivity index is 2.03. The number of rotatable bonds is 9. The highest BCUT2D eigenvalue weighted by Gasteiger charge is 2.34. The molecule has 1 unspecified atom stereocenters. The number of piperazine rings is 1. The highest BCUT2D eigenvalue weighted by molar-refractivity contribution is 5.94. The zero-order valence-corrected chi connectivity index (χ0v) is 17.7. The summed E-state index contributed by atoms with van der Waals surface area (Å²) < 4.78 is 5.06. The minimum atomic E-state index is -0.881. The highest BCUT2D eigenvalue weighted by atomic mass is 16.5. The Kier molecular flexibility index (Phi) is 8.64. The monoisotopic (exact) mass is 418 g/mol. The van der Waals surface area contributed by atoms with Gasteiger partial charge in [0.2, 0.25) is 17.7 Å². The van der Waals surface area contributed by atoms with Crippen molar-refractivity contribution in [1.29, 1.82) is 0 Å². The van der Waals surface area contributed by atoms with E-state index < -0.39 is 12.0 Å². The van der Waals surface area contributed by atoms with Gasteiger partial charge >= 0.3 is 5.97 Å². The number of ether oxygens (including phenoxy) is 1. The lowest BCUT2D eigenvalue weighted by molar-refractivity contribution is -0.151. The maximum atomic E-state index is 12.8. The molecule has 2 rings (SSSR count). The van der Waals surface area contributed by atoms with Gasteiger partial charge in [-0.2, -0.15) is 0 Å². The average Bonchev–Trinajstić information content (AvgIpc) is 2.73. The molecule has 1 aliphatic heterocycles. The molecule has 1 saturated heterocycles. The van der Waals surface area contributed by atoms with Gasteiger partial charge in [-0.3, -0.25) is 19.2 Å². The Morgan fingerprint density at radius 2 is 1.97 bits per heavy atom. The van der Waals surface area contributed by atoms with Crippen LogP contribution < -0.4 is 16.0 Å². The van der Waals surface area contributed by atoms with E-state index in [0.717, 1.165) is 5.56 Å². The van der Waals surface area contributed by atoms with Gasteiger partial charge in [0.15, 0.2) is 0 Å². The summed E-state index contributed by atoms with van der Waals surface area (Å²) in [6.45, 7) is 6.40. The minimum absolute atomic E-state index is 0.0419. The highest BCUT2D eigenvalue weighted by Crippen LogP contribution is 2.23. The van der Waals surface area contributed by atoms with Crippen LogP contribution in [0.3, 0.4) is 0 Å². The maximum absolute atomic E-state index is 12.8. The van der Waals surface area contributed by atoms with Crippen LogP contribution in [0.2, 0.25) is 0 Å². The lowest BCUT2D eigenvalue weighted by Crippen LogP contribution is -2.58. The number of amides is 3. The molecule has 0 radical (unpaired) electrons. The fourth-order valence-corrected chi connectivity index (χ4v) is 3.12. The smallest absolute Gasteiger partial charge is 0.308 e. The Morgan fingerprint density at radius 1 is 1.23 bits per heavy atom. The lowest BCUT2D eigenvalue weighted by Gasteiger charge is -2.34. The van der Waals surface area contributed by atoms with Crippen LogP contribution in [0.25, 0.3) is 0 Å². The van der Waals surface area contributed by atoms with E-state index in [1.54, 1.807) is 19.1 Å². The lowest BCUT2D eigenvalue weighted by atomic mass is 10.1. The molecule has 9 heteroatoms. The Bertz CT molecular complexity index is 796. The molecule has 3 amide bonds. The standard InChI is InChI=1S/C21H30N4O5/c1-4-11-30-20(28)12-17-21(29)22-9-10-25(17)19(27)13-23-15-7-6-8-16(14(15)3)24-18(26)5-2/h6-8,17,23H,4-5,9-13H2,1-3H3,(H,22,29)(H,24,26). The number of nitrogens with zero attached hydrogens (tertiary/aromatic N) is 1. The van der Waals surface area contributed by atoms with Gasteiger partial charge in [0.25, 0.3) is 0 Å². The number of carbonyl (C=O) groups is 4. The summed E-state index contributed by atoms with van der Waals surface area (Å²) in [6.07, 6.45) is 0.885. The van der Waals surface area contributed by atoms with E-state index in [0.29, 0.717) is 37.3 Å². The number of nitrogens with one attached hydrogen (secondary N) is 3. The van der Waals surface area contributed by atoms with E-state index in [9.17, 15) is 19.2 Å². The van der Waals surface area contributed by atoms with E-state index in [4.69, 9.17) is 4.74 Å². The maximum Gasteiger partial charge on any atom is 0.308 e. The van der Waals surface area contributed by atoms with E-state index >= 15 is 0 Å². The van der Waals surface area contributed by atoms with Crippen molar-refractivity contribution in [1.82, 2.24) is 10.2 Å². The molecule has 1 aromatic carbocycles. The van der Waals surface area contributed by atoms with Gasteiger partial charge in [0.05, 0.1) is 19.6 Å². The molecule has 1 heterocycles. The second kappa shape index (κ2) is 11.2. The van der Waals surface area contributed by atoms with Crippen LogP contribution in [0.5, 0.6) is 0 Å². The van der Waals surface area contributed by atoms with Crippen molar-refractivity contribution in [2.75, 3.05) is 36.9 Å². The van der Waals surface area contributed by atoms with Crippen LogP contribution in [-0.2, 0) is 23.9 Å². The van der Waals surface area contributed by atoms with Crippen LogP contribution in [0, 0.1) is 6.92 Å². The predicted octanol–water partition coefficient (Wildman–Crippen LogP) is 1.43. The average molecular weight is 418 g/mol. The van der Waals surface area contributed by atoms with E-state index in [-0.39, 0.29) is 37.3 Å². The first-order chi connectivity index (χ1) is 14.4. The molecule has 1 aromatic rings. The second-order valence-corrected chi connectivity index (χ2v) is 7.05. The number of anilines is 2. The van der Waals surface area contributed by atoms with Crippen molar-refractivity contribution >= 4 is 35.1 Å². The van der Waals surface area contributed by atoms with Crippen LogP contribution in [-0.4, -0.2) is 60.9 Å². The van der Waals surface area contributed by atoms with Crippen LogP contribution in [0.4, 0.5) is 11.4 Å². The molecule has 0 spiro atoms. The quantitative estimate of drug-likeness (QED) is 0.522. The molecule has 0 aliphatic carbocycles. The third kappa shape index (κ3) is 6.20. The van der Waals surface area contributed by atoms with Gasteiger partial charge in [0.1, 0.15) is 6.04 Å². The van der Waals surface area contributed by atoms with E-state index in [1.807, 2.05) is 19.9 Å². The summed E-state index contributed by atoms with van der Waals surface area (Å²) in [5.74, 6) is -1.24. The first-order valence-corrected chi connectivity index (χ1v) is 10.2. The summed E-state index contributed by atoms with van der Waals surface area (Å²) in [5.41, 5.74) is 2.19. The fraction of sp³-hybridized carbons (Fsp3) is 0.524. The summed E-state index contributed by atoms with van der Waals surface area (Å²) in [5, 5.41) is 8.59. The van der Waals surface area contributed by atoms with Crippen molar-refractivity contribution in [3.8, 4) is 0 Å². The molecule has 0 aromatic heterocycles. The number of hydrogen-bond donors (Lipinski definition) is 3. The molecule has 9 nitrogen and oxygen atoms in total.